The summed E-state index contributed by atoms with van der Waals surface area (Å²) in [7, 11) is 0. The summed E-state index contributed by atoms with van der Waals surface area (Å²) < 4.78 is 0. The standard InChI is InChI=1S/C24H29N7O2/c25-23-18-5-3-16(13-20(18)27-28-23)17-4-6-19(24(26)33)21(14-17)30-11-9-29(10-12-30)15-22(32)31-7-1-2-8-31/h3-6,13-14H,1-2,7-12,15H2,(H2,26,33)(H3,25,27,28). The van der Waals surface area contributed by atoms with E-state index in [4.69, 9.17) is 11.5 Å². The molecule has 0 atom stereocenters. The first kappa shape index (κ1) is 21.3. The van der Waals surface area contributed by atoms with Crippen LogP contribution in [0.25, 0.3) is 22.0 Å². The number of carbonyl (C=O) groups is 2. The quantitative estimate of drug-likeness (QED) is 0.546. The molecule has 0 radical (unpaired) electrons. The predicted octanol–water partition coefficient (Wildman–Crippen LogP) is 1.66. The minimum atomic E-state index is -0.444. The van der Waals surface area contributed by atoms with Crippen molar-refractivity contribution in [3.8, 4) is 11.1 Å². The number of rotatable bonds is 5. The number of hydrogen-bond donors (Lipinski definition) is 3. The third-order valence-corrected chi connectivity index (χ3v) is 6.72. The number of aromatic nitrogens is 2. The van der Waals surface area contributed by atoms with E-state index in [1.807, 2.05) is 35.2 Å². The van der Waals surface area contributed by atoms with Crippen molar-refractivity contribution >= 4 is 34.2 Å². The van der Waals surface area contributed by atoms with Gasteiger partial charge in [-0.3, -0.25) is 19.6 Å². The maximum absolute atomic E-state index is 12.5. The first-order valence-corrected chi connectivity index (χ1v) is 11.4. The number of benzene rings is 2. The molecule has 0 saturated carbocycles. The van der Waals surface area contributed by atoms with Gasteiger partial charge in [0.05, 0.1) is 23.3 Å². The second-order valence-electron chi connectivity index (χ2n) is 8.82. The maximum Gasteiger partial charge on any atom is 0.250 e. The summed E-state index contributed by atoms with van der Waals surface area (Å²) in [5, 5.41) is 7.90. The molecule has 172 valence electrons. The third kappa shape index (κ3) is 4.23. The molecule has 0 aliphatic carbocycles. The van der Waals surface area contributed by atoms with Crippen molar-refractivity contribution in [1.29, 1.82) is 0 Å². The van der Waals surface area contributed by atoms with Gasteiger partial charge in [0.15, 0.2) is 5.82 Å². The van der Waals surface area contributed by atoms with Crippen molar-refractivity contribution in [3.05, 3.63) is 42.0 Å². The van der Waals surface area contributed by atoms with Crippen LogP contribution in [-0.4, -0.2) is 77.6 Å². The summed E-state index contributed by atoms with van der Waals surface area (Å²) in [5.74, 6) is 0.248. The Kier molecular flexibility index (Phi) is 5.63. The summed E-state index contributed by atoms with van der Waals surface area (Å²) in [6.45, 7) is 5.21. The van der Waals surface area contributed by atoms with E-state index >= 15 is 0 Å². The van der Waals surface area contributed by atoms with Crippen LogP contribution >= 0.6 is 0 Å². The molecule has 2 aliphatic rings. The van der Waals surface area contributed by atoms with Crippen LogP contribution in [0.1, 0.15) is 23.2 Å². The topological polar surface area (TPSA) is 125 Å². The number of anilines is 2. The van der Waals surface area contributed by atoms with Crippen molar-refractivity contribution in [2.45, 2.75) is 12.8 Å². The Bertz CT molecular complexity index is 1190. The Morgan fingerprint density at radius 1 is 0.939 bits per heavy atom. The summed E-state index contributed by atoms with van der Waals surface area (Å²) >= 11 is 0. The van der Waals surface area contributed by atoms with Gasteiger partial charge in [0.2, 0.25) is 5.91 Å². The van der Waals surface area contributed by atoms with Crippen LogP contribution in [0.15, 0.2) is 36.4 Å². The first-order valence-electron chi connectivity index (χ1n) is 11.4. The smallest absolute Gasteiger partial charge is 0.250 e. The van der Waals surface area contributed by atoms with E-state index in [-0.39, 0.29) is 5.91 Å². The van der Waals surface area contributed by atoms with Gasteiger partial charge in [0.25, 0.3) is 5.91 Å². The van der Waals surface area contributed by atoms with Crippen molar-refractivity contribution in [2.75, 3.05) is 56.4 Å². The lowest BCUT2D eigenvalue weighted by Crippen LogP contribution is -2.50. The van der Waals surface area contributed by atoms with E-state index in [9.17, 15) is 9.59 Å². The number of aromatic amines is 1. The number of nitrogens with two attached hydrogens (primary N) is 2. The molecule has 2 amide bonds. The van der Waals surface area contributed by atoms with Crippen LogP contribution in [0.4, 0.5) is 11.5 Å². The maximum atomic E-state index is 12.5. The number of H-pyrrole nitrogens is 1. The zero-order valence-electron chi connectivity index (χ0n) is 18.6. The number of carbonyl (C=O) groups excluding carboxylic acids is 2. The molecule has 9 nitrogen and oxygen atoms in total. The average molecular weight is 448 g/mol. The molecule has 9 heteroatoms. The summed E-state index contributed by atoms with van der Waals surface area (Å²) in [4.78, 5) is 31.0. The average Bonchev–Trinajstić information content (AvgIpc) is 3.49. The monoisotopic (exact) mass is 447 g/mol. The normalized spacial score (nSPS) is 17.1. The molecule has 33 heavy (non-hydrogen) atoms. The number of nitrogen functional groups attached to an aromatic ring is 1. The molecule has 2 saturated heterocycles. The fourth-order valence-electron chi connectivity index (χ4n) is 4.81. The van der Waals surface area contributed by atoms with Gasteiger partial charge in [-0.2, -0.15) is 5.10 Å². The van der Waals surface area contributed by atoms with Gasteiger partial charge in [-0.15, -0.1) is 0 Å². The van der Waals surface area contributed by atoms with Gasteiger partial charge in [-0.05, 0) is 48.2 Å². The van der Waals surface area contributed by atoms with Crippen molar-refractivity contribution < 1.29 is 9.59 Å². The molecule has 2 fully saturated rings. The number of nitrogens with one attached hydrogen (secondary N) is 1. The van der Waals surface area contributed by atoms with Crippen LogP contribution in [0.5, 0.6) is 0 Å². The predicted molar refractivity (Wildman–Crippen MR) is 129 cm³/mol. The van der Waals surface area contributed by atoms with Gasteiger partial charge in [0, 0.05) is 44.7 Å². The molecular formula is C24H29N7O2. The van der Waals surface area contributed by atoms with E-state index in [0.717, 1.165) is 79.8 Å². The number of hydrogen-bond acceptors (Lipinski definition) is 6. The zero-order chi connectivity index (χ0) is 22.9. The molecule has 3 aromatic rings. The van der Waals surface area contributed by atoms with Gasteiger partial charge >= 0.3 is 0 Å². The minimum absolute atomic E-state index is 0.218. The fourth-order valence-corrected chi connectivity index (χ4v) is 4.81. The number of primary amides is 1. The molecule has 3 heterocycles. The number of nitrogens with zero attached hydrogens (tertiary/aromatic N) is 4. The van der Waals surface area contributed by atoms with Crippen molar-refractivity contribution in [1.82, 2.24) is 20.0 Å². The molecular weight excluding hydrogens is 418 g/mol. The Balaban J connectivity index is 1.34. The Morgan fingerprint density at radius 3 is 2.36 bits per heavy atom. The lowest BCUT2D eigenvalue weighted by molar-refractivity contribution is -0.131. The van der Waals surface area contributed by atoms with Crippen LogP contribution in [0.3, 0.4) is 0 Å². The van der Waals surface area contributed by atoms with E-state index < -0.39 is 5.91 Å². The van der Waals surface area contributed by atoms with Crippen LogP contribution in [0, 0.1) is 0 Å². The first-order chi connectivity index (χ1) is 16.0. The molecule has 5 rings (SSSR count). The van der Waals surface area contributed by atoms with E-state index in [0.29, 0.717) is 17.9 Å². The highest BCUT2D eigenvalue weighted by atomic mass is 16.2. The highest BCUT2D eigenvalue weighted by Crippen LogP contribution is 2.31. The number of likely N-dealkylation sites (tertiary alicyclic amines) is 1. The Labute approximate surface area is 192 Å². The minimum Gasteiger partial charge on any atom is -0.382 e. The fraction of sp³-hybridized carbons (Fsp3) is 0.375. The van der Waals surface area contributed by atoms with Gasteiger partial charge in [-0.25, -0.2) is 0 Å². The lowest BCUT2D eigenvalue weighted by Gasteiger charge is -2.37. The van der Waals surface area contributed by atoms with E-state index in [1.165, 1.54) is 0 Å². The number of piperazine rings is 1. The van der Waals surface area contributed by atoms with Crippen molar-refractivity contribution in [2.24, 2.45) is 5.73 Å². The molecule has 0 bridgehead atoms. The SMILES string of the molecule is NC(=O)c1ccc(-c2ccc3c(N)n[nH]c3c2)cc1N1CCN(CC(=O)N2CCCC2)CC1. The van der Waals surface area contributed by atoms with Crippen LogP contribution in [-0.2, 0) is 4.79 Å². The second-order valence-corrected chi connectivity index (χ2v) is 8.82. The zero-order valence-corrected chi connectivity index (χ0v) is 18.6. The van der Waals surface area contributed by atoms with Gasteiger partial charge in [0.1, 0.15) is 0 Å². The molecule has 2 aliphatic heterocycles. The summed E-state index contributed by atoms with van der Waals surface area (Å²) in [6.07, 6.45) is 2.21. The van der Waals surface area contributed by atoms with Crippen molar-refractivity contribution in [3.63, 3.8) is 0 Å². The lowest BCUT2D eigenvalue weighted by atomic mass is 10.00. The Morgan fingerprint density at radius 2 is 1.64 bits per heavy atom. The summed E-state index contributed by atoms with van der Waals surface area (Å²) in [6, 6.07) is 11.7. The van der Waals surface area contributed by atoms with Crippen LogP contribution < -0.4 is 16.4 Å². The molecule has 2 aromatic carbocycles. The number of fused-ring (bicyclic) bond motifs is 1. The Hall–Kier alpha value is -3.59. The van der Waals surface area contributed by atoms with E-state index in [2.05, 4.69) is 20.0 Å². The highest BCUT2D eigenvalue weighted by molar-refractivity contribution is 6.00. The highest BCUT2D eigenvalue weighted by Gasteiger charge is 2.25. The molecule has 0 unspecified atom stereocenters. The largest absolute Gasteiger partial charge is 0.382 e. The number of amides is 2. The van der Waals surface area contributed by atoms with Gasteiger partial charge < -0.3 is 21.3 Å². The third-order valence-electron chi connectivity index (χ3n) is 6.72. The second kappa shape index (κ2) is 8.74. The molecule has 1 aromatic heterocycles. The molecule has 0 spiro atoms. The van der Waals surface area contributed by atoms with Crippen LogP contribution in [0.2, 0.25) is 0 Å². The summed E-state index contributed by atoms with van der Waals surface area (Å²) in [5.41, 5.74) is 15.8. The molecule has 5 N–H and O–H groups in total. The van der Waals surface area contributed by atoms with Gasteiger partial charge in [-0.1, -0.05) is 12.1 Å². The van der Waals surface area contributed by atoms with E-state index in [1.54, 1.807) is 6.07 Å².